The van der Waals surface area contributed by atoms with Crippen molar-refractivity contribution in [3.63, 3.8) is 0 Å². The zero-order chi connectivity index (χ0) is 17.2. The molecule has 0 fully saturated rings. The molecule has 0 aliphatic carbocycles. The van der Waals surface area contributed by atoms with Crippen molar-refractivity contribution in [2.45, 2.75) is 20.4 Å². The Bertz CT molecular complexity index is 1010. The number of H-pyrrole nitrogens is 1. The van der Waals surface area contributed by atoms with Gasteiger partial charge in [-0.3, -0.25) is 0 Å². The predicted molar refractivity (Wildman–Crippen MR) is 102 cm³/mol. The topological polar surface area (TPSA) is 70.9 Å². The summed E-state index contributed by atoms with van der Waals surface area (Å²) in [4.78, 5) is 12.3. The van der Waals surface area contributed by atoms with E-state index in [0.717, 1.165) is 34.4 Å². The van der Waals surface area contributed by atoms with E-state index in [-0.39, 0.29) is 0 Å². The lowest BCUT2D eigenvalue weighted by molar-refractivity contribution is 0.531. The van der Waals surface area contributed by atoms with Crippen molar-refractivity contribution >= 4 is 34.2 Å². The Balaban J connectivity index is 1.61. The smallest absolute Gasteiger partial charge is 0.222 e. The zero-order valence-corrected chi connectivity index (χ0v) is 14.3. The number of hydrogen-bond donors (Lipinski definition) is 2. The molecule has 0 saturated carbocycles. The number of hydrogen-bond acceptors (Lipinski definition) is 4. The van der Waals surface area contributed by atoms with E-state index in [2.05, 4.69) is 50.0 Å². The number of nitrogens with one attached hydrogen (secondary N) is 2. The van der Waals surface area contributed by atoms with Crippen LogP contribution in [0.5, 0.6) is 0 Å². The van der Waals surface area contributed by atoms with Gasteiger partial charge in [0.1, 0.15) is 0 Å². The monoisotopic (exact) mass is 332 g/mol. The number of anilines is 1. The molecule has 0 unspecified atom stereocenters. The molecule has 6 heteroatoms. The van der Waals surface area contributed by atoms with Crippen molar-refractivity contribution in [1.82, 2.24) is 19.5 Å². The molecule has 2 heterocycles. The first-order chi connectivity index (χ1) is 12.2. The number of nitrogens with zero attached hydrogens (tertiary/aromatic N) is 4. The Morgan fingerprint density at radius 1 is 1.08 bits per heavy atom. The van der Waals surface area contributed by atoms with Gasteiger partial charge >= 0.3 is 0 Å². The Labute approximate surface area is 145 Å². The van der Waals surface area contributed by atoms with Crippen LogP contribution < -0.4 is 5.43 Å². The highest BCUT2D eigenvalue weighted by atomic mass is 15.4. The molecule has 0 saturated heterocycles. The van der Waals surface area contributed by atoms with Gasteiger partial charge in [0.25, 0.3) is 0 Å². The van der Waals surface area contributed by atoms with Gasteiger partial charge in [-0.1, -0.05) is 38.1 Å². The lowest BCUT2D eigenvalue weighted by Crippen LogP contribution is -2.08. The van der Waals surface area contributed by atoms with Crippen LogP contribution in [0.15, 0.2) is 53.6 Å². The van der Waals surface area contributed by atoms with Gasteiger partial charge in [-0.15, -0.1) is 0 Å². The Morgan fingerprint density at radius 3 is 2.64 bits per heavy atom. The summed E-state index contributed by atoms with van der Waals surface area (Å²) in [6.45, 7) is 5.29. The maximum atomic E-state index is 4.68. The number of imidazole rings is 2. The van der Waals surface area contributed by atoms with E-state index in [0.29, 0.717) is 11.9 Å². The van der Waals surface area contributed by atoms with E-state index in [1.807, 2.05) is 42.5 Å². The summed E-state index contributed by atoms with van der Waals surface area (Å²) in [5.74, 6) is 1.97. The fourth-order valence-corrected chi connectivity index (χ4v) is 2.91. The SMILES string of the molecule is CC(C)Cn1c(/C=N\Nc2nc3ccccc3[nH]2)nc2ccccc21. The van der Waals surface area contributed by atoms with Gasteiger partial charge in [0, 0.05) is 6.54 Å². The third-order valence-electron chi connectivity index (χ3n) is 3.97. The fraction of sp³-hybridized carbons (Fsp3) is 0.211. The van der Waals surface area contributed by atoms with Gasteiger partial charge in [0.05, 0.1) is 28.3 Å². The van der Waals surface area contributed by atoms with Crippen LogP contribution in [0.3, 0.4) is 0 Å². The van der Waals surface area contributed by atoms with E-state index in [9.17, 15) is 0 Å². The van der Waals surface area contributed by atoms with Gasteiger partial charge in [-0.05, 0) is 30.2 Å². The molecular formula is C19H20N6. The second kappa shape index (κ2) is 6.39. The first-order valence-corrected chi connectivity index (χ1v) is 8.40. The number of fused-ring (bicyclic) bond motifs is 2. The summed E-state index contributed by atoms with van der Waals surface area (Å²) >= 11 is 0. The molecule has 6 nitrogen and oxygen atoms in total. The summed E-state index contributed by atoms with van der Waals surface area (Å²) < 4.78 is 2.20. The van der Waals surface area contributed by atoms with Crippen LogP contribution in [0.1, 0.15) is 19.7 Å². The highest BCUT2D eigenvalue weighted by molar-refractivity contribution is 5.85. The molecule has 0 aliphatic rings. The Hall–Kier alpha value is -3.15. The van der Waals surface area contributed by atoms with E-state index >= 15 is 0 Å². The van der Waals surface area contributed by atoms with Crippen LogP contribution in [0.2, 0.25) is 0 Å². The third-order valence-corrected chi connectivity index (χ3v) is 3.97. The summed E-state index contributed by atoms with van der Waals surface area (Å²) in [6.07, 6.45) is 1.75. The van der Waals surface area contributed by atoms with E-state index in [4.69, 9.17) is 0 Å². The number of hydrazone groups is 1. The zero-order valence-electron chi connectivity index (χ0n) is 14.3. The molecule has 2 aromatic carbocycles. The Kier molecular flexibility index (Phi) is 3.93. The van der Waals surface area contributed by atoms with E-state index in [1.54, 1.807) is 6.21 Å². The molecule has 2 aromatic heterocycles. The van der Waals surface area contributed by atoms with Crippen LogP contribution in [0, 0.1) is 5.92 Å². The largest absolute Gasteiger partial charge is 0.323 e. The second-order valence-electron chi connectivity index (χ2n) is 6.44. The average molecular weight is 332 g/mol. The average Bonchev–Trinajstić information content (AvgIpc) is 3.16. The lowest BCUT2D eigenvalue weighted by atomic mass is 10.2. The van der Waals surface area contributed by atoms with Crippen molar-refractivity contribution in [3.8, 4) is 0 Å². The molecule has 0 radical (unpaired) electrons. The number of rotatable bonds is 5. The predicted octanol–water partition coefficient (Wildman–Crippen LogP) is 4.01. The number of aromatic amines is 1. The molecule has 4 aromatic rings. The van der Waals surface area contributed by atoms with Gasteiger partial charge in [0.2, 0.25) is 5.95 Å². The normalized spacial score (nSPS) is 12.0. The van der Waals surface area contributed by atoms with Crippen molar-refractivity contribution in [3.05, 3.63) is 54.4 Å². The molecule has 0 bridgehead atoms. The van der Waals surface area contributed by atoms with E-state index in [1.165, 1.54) is 0 Å². The first kappa shape index (κ1) is 15.4. The van der Waals surface area contributed by atoms with Crippen LogP contribution in [-0.2, 0) is 6.54 Å². The summed E-state index contributed by atoms with van der Waals surface area (Å²) in [7, 11) is 0. The minimum absolute atomic E-state index is 0.521. The number of aromatic nitrogens is 4. The van der Waals surface area contributed by atoms with Gasteiger partial charge < -0.3 is 9.55 Å². The number of benzene rings is 2. The fourth-order valence-electron chi connectivity index (χ4n) is 2.91. The highest BCUT2D eigenvalue weighted by Gasteiger charge is 2.10. The standard InChI is InChI=1S/C19H20N6/c1-13(2)12-25-17-10-6-5-9-16(17)21-18(25)11-20-24-19-22-14-7-3-4-8-15(14)23-19/h3-11,13H,12H2,1-2H3,(H2,22,23,24)/b20-11-. The van der Waals surface area contributed by atoms with Crippen LogP contribution in [0.25, 0.3) is 22.1 Å². The van der Waals surface area contributed by atoms with Gasteiger partial charge in [0.15, 0.2) is 5.82 Å². The summed E-state index contributed by atoms with van der Waals surface area (Å²) in [5, 5.41) is 4.32. The maximum Gasteiger partial charge on any atom is 0.222 e. The number of para-hydroxylation sites is 4. The van der Waals surface area contributed by atoms with Crippen molar-refractivity contribution in [2.75, 3.05) is 5.43 Å². The van der Waals surface area contributed by atoms with Crippen LogP contribution >= 0.6 is 0 Å². The lowest BCUT2D eigenvalue weighted by Gasteiger charge is -2.09. The molecule has 0 spiro atoms. The molecular weight excluding hydrogens is 312 g/mol. The van der Waals surface area contributed by atoms with Crippen molar-refractivity contribution < 1.29 is 0 Å². The molecule has 0 aliphatic heterocycles. The van der Waals surface area contributed by atoms with Crippen molar-refractivity contribution in [1.29, 1.82) is 0 Å². The molecule has 2 N–H and O–H groups in total. The summed E-state index contributed by atoms with van der Waals surface area (Å²) in [6, 6.07) is 16.0. The van der Waals surface area contributed by atoms with Crippen LogP contribution in [-0.4, -0.2) is 25.7 Å². The van der Waals surface area contributed by atoms with Gasteiger partial charge in [-0.25, -0.2) is 15.4 Å². The quantitative estimate of drug-likeness (QED) is 0.428. The molecule has 0 amide bonds. The highest BCUT2D eigenvalue weighted by Crippen LogP contribution is 2.17. The Morgan fingerprint density at radius 2 is 1.84 bits per heavy atom. The molecule has 4 rings (SSSR count). The van der Waals surface area contributed by atoms with Crippen LogP contribution in [0.4, 0.5) is 5.95 Å². The van der Waals surface area contributed by atoms with E-state index < -0.39 is 0 Å². The van der Waals surface area contributed by atoms with Crippen molar-refractivity contribution in [2.24, 2.45) is 11.0 Å². The summed E-state index contributed by atoms with van der Waals surface area (Å²) in [5.41, 5.74) is 6.95. The third kappa shape index (κ3) is 3.10. The maximum absolute atomic E-state index is 4.68. The molecule has 0 atom stereocenters. The first-order valence-electron chi connectivity index (χ1n) is 8.40. The molecule has 25 heavy (non-hydrogen) atoms. The second-order valence-corrected chi connectivity index (χ2v) is 6.44. The minimum atomic E-state index is 0.521. The minimum Gasteiger partial charge on any atom is -0.323 e. The van der Waals surface area contributed by atoms with Gasteiger partial charge in [-0.2, -0.15) is 5.10 Å². The molecule has 126 valence electrons.